The molecule has 4 rings (SSSR count). The van der Waals surface area contributed by atoms with E-state index in [4.69, 9.17) is 4.42 Å². The number of rotatable bonds is 9. The van der Waals surface area contributed by atoms with Gasteiger partial charge in [0, 0.05) is 30.4 Å². The first-order valence-electron chi connectivity index (χ1n) is 12.5. The molecule has 0 aliphatic heterocycles. The molecule has 174 valence electrons. The molecule has 0 atom stereocenters. The van der Waals surface area contributed by atoms with E-state index in [2.05, 4.69) is 22.9 Å². The SMILES string of the molecule is CCCN(Cc1cccn1Cc1ccc(C(=O)NC2CCCCC2)o1)C(=O)C1CCCC1. The molecular formula is C26H37N3O3. The normalized spacial score (nSPS) is 17.5. The van der Waals surface area contributed by atoms with Crippen molar-refractivity contribution in [2.24, 2.45) is 5.92 Å². The Balaban J connectivity index is 1.38. The first-order chi connectivity index (χ1) is 15.6. The van der Waals surface area contributed by atoms with Gasteiger partial charge in [0.1, 0.15) is 5.76 Å². The number of hydrogen-bond donors (Lipinski definition) is 1. The highest BCUT2D eigenvalue weighted by Crippen LogP contribution is 2.27. The Morgan fingerprint density at radius 1 is 1.06 bits per heavy atom. The van der Waals surface area contributed by atoms with Crippen molar-refractivity contribution in [1.82, 2.24) is 14.8 Å². The molecule has 0 aromatic carbocycles. The molecule has 2 saturated carbocycles. The third-order valence-corrected chi connectivity index (χ3v) is 6.94. The molecule has 2 aliphatic rings. The Bertz CT molecular complexity index is 888. The molecule has 1 N–H and O–H groups in total. The van der Waals surface area contributed by atoms with E-state index in [1.165, 1.54) is 32.1 Å². The molecule has 0 spiro atoms. The zero-order valence-electron chi connectivity index (χ0n) is 19.4. The van der Waals surface area contributed by atoms with E-state index in [1.54, 1.807) is 6.07 Å². The summed E-state index contributed by atoms with van der Waals surface area (Å²) in [4.78, 5) is 27.6. The molecule has 0 radical (unpaired) electrons. The lowest BCUT2D eigenvalue weighted by molar-refractivity contribution is -0.136. The van der Waals surface area contributed by atoms with Gasteiger partial charge in [-0.05, 0) is 56.4 Å². The first kappa shape index (κ1) is 22.7. The number of carbonyl (C=O) groups excluding carboxylic acids is 2. The summed E-state index contributed by atoms with van der Waals surface area (Å²) in [6, 6.07) is 8.00. The van der Waals surface area contributed by atoms with Crippen molar-refractivity contribution in [3.8, 4) is 0 Å². The zero-order chi connectivity index (χ0) is 22.3. The second-order valence-corrected chi connectivity index (χ2v) is 9.44. The molecule has 32 heavy (non-hydrogen) atoms. The van der Waals surface area contributed by atoms with Gasteiger partial charge in [0.2, 0.25) is 5.91 Å². The zero-order valence-corrected chi connectivity index (χ0v) is 19.4. The van der Waals surface area contributed by atoms with Crippen LogP contribution >= 0.6 is 0 Å². The summed E-state index contributed by atoms with van der Waals surface area (Å²) in [7, 11) is 0. The van der Waals surface area contributed by atoms with Crippen LogP contribution in [0, 0.1) is 5.92 Å². The standard InChI is InChI=1S/C26H37N3O3/c1-2-16-29(26(31)20-9-6-7-10-20)18-22-13-8-17-28(22)19-23-14-15-24(32-23)25(30)27-21-11-4-3-5-12-21/h8,13-15,17,20-21H,2-7,9-12,16,18-19H2,1H3,(H,27,30). The summed E-state index contributed by atoms with van der Waals surface area (Å²) < 4.78 is 8.00. The molecule has 0 bridgehead atoms. The topological polar surface area (TPSA) is 67.5 Å². The number of nitrogens with one attached hydrogen (secondary N) is 1. The Kier molecular flexibility index (Phi) is 7.72. The number of furan rings is 1. The van der Waals surface area contributed by atoms with E-state index in [1.807, 2.05) is 23.2 Å². The van der Waals surface area contributed by atoms with Crippen LogP contribution in [0.5, 0.6) is 0 Å². The minimum atomic E-state index is -0.118. The molecule has 2 aromatic heterocycles. The van der Waals surface area contributed by atoms with Crippen LogP contribution in [0.3, 0.4) is 0 Å². The molecule has 2 aromatic rings. The summed E-state index contributed by atoms with van der Waals surface area (Å²) in [5.74, 6) is 1.51. The number of amides is 2. The summed E-state index contributed by atoms with van der Waals surface area (Å²) in [6.07, 6.45) is 13.1. The van der Waals surface area contributed by atoms with Gasteiger partial charge >= 0.3 is 0 Å². The maximum absolute atomic E-state index is 13.0. The second kappa shape index (κ2) is 10.9. The summed E-state index contributed by atoms with van der Waals surface area (Å²) in [5, 5.41) is 3.11. The van der Waals surface area contributed by atoms with E-state index in [-0.39, 0.29) is 17.9 Å². The molecule has 6 heteroatoms. The number of aromatic nitrogens is 1. The fourth-order valence-electron chi connectivity index (χ4n) is 5.17. The van der Waals surface area contributed by atoms with Crippen LogP contribution in [-0.2, 0) is 17.9 Å². The quantitative estimate of drug-likeness (QED) is 0.590. The average molecular weight is 440 g/mol. The molecule has 2 aliphatic carbocycles. The fourth-order valence-corrected chi connectivity index (χ4v) is 5.17. The second-order valence-electron chi connectivity index (χ2n) is 9.44. The predicted molar refractivity (Wildman–Crippen MR) is 124 cm³/mol. The molecule has 0 saturated heterocycles. The lowest BCUT2D eigenvalue weighted by Crippen LogP contribution is -2.36. The summed E-state index contributed by atoms with van der Waals surface area (Å²) in [6.45, 7) is 4.08. The molecule has 2 amide bonds. The van der Waals surface area contributed by atoms with Crippen LogP contribution in [0.4, 0.5) is 0 Å². The smallest absolute Gasteiger partial charge is 0.287 e. The highest BCUT2D eigenvalue weighted by Gasteiger charge is 2.27. The van der Waals surface area contributed by atoms with Gasteiger partial charge in [-0.2, -0.15) is 0 Å². The monoisotopic (exact) mass is 439 g/mol. The van der Waals surface area contributed by atoms with Crippen molar-refractivity contribution < 1.29 is 14.0 Å². The van der Waals surface area contributed by atoms with E-state index >= 15 is 0 Å². The Labute approximate surface area is 191 Å². The van der Waals surface area contributed by atoms with Crippen molar-refractivity contribution >= 4 is 11.8 Å². The largest absolute Gasteiger partial charge is 0.454 e. The van der Waals surface area contributed by atoms with Gasteiger partial charge in [-0.1, -0.05) is 39.0 Å². The minimum absolute atomic E-state index is 0.118. The summed E-state index contributed by atoms with van der Waals surface area (Å²) in [5.41, 5.74) is 1.09. The molecule has 0 unspecified atom stereocenters. The lowest BCUT2D eigenvalue weighted by Gasteiger charge is -2.26. The third-order valence-electron chi connectivity index (χ3n) is 6.94. The molecule has 6 nitrogen and oxygen atoms in total. The van der Waals surface area contributed by atoms with E-state index in [0.29, 0.717) is 24.8 Å². The fraction of sp³-hybridized carbons (Fsp3) is 0.615. The van der Waals surface area contributed by atoms with E-state index < -0.39 is 0 Å². The Morgan fingerprint density at radius 3 is 2.56 bits per heavy atom. The van der Waals surface area contributed by atoms with Crippen LogP contribution in [0.2, 0.25) is 0 Å². The van der Waals surface area contributed by atoms with Gasteiger partial charge in [-0.25, -0.2) is 0 Å². The molecular weight excluding hydrogens is 402 g/mol. The van der Waals surface area contributed by atoms with Crippen molar-refractivity contribution in [3.05, 3.63) is 47.7 Å². The van der Waals surface area contributed by atoms with Gasteiger partial charge < -0.3 is 19.2 Å². The lowest BCUT2D eigenvalue weighted by atomic mass is 9.95. The van der Waals surface area contributed by atoms with Crippen LogP contribution in [0.1, 0.15) is 93.1 Å². The minimum Gasteiger partial charge on any atom is -0.454 e. The Hall–Kier alpha value is -2.50. The van der Waals surface area contributed by atoms with E-state index in [0.717, 1.165) is 50.1 Å². The number of carbonyl (C=O) groups is 2. The predicted octanol–water partition coefficient (Wildman–Crippen LogP) is 5.12. The van der Waals surface area contributed by atoms with Gasteiger partial charge in [-0.3, -0.25) is 9.59 Å². The average Bonchev–Trinajstić information content (AvgIpc) is 3.57. The highest BCUT2D eigenvalue weighted by atomic mass is 16.4. The van der Waals surface area contributed by atoms with Crippen molar-refractivity contribution in [2.75, 3.05) is 6.54 Å². The van der Waals surface area contributed by atoms with Crippen LogP contribution in [0.25, 0.3) is 0 Å². The number of hydrogen-bond acceptors (Lipinski definition) is 3. The van der Waals surface area contributed by atoms with E-state index in [9.17, 15) is 9.59 Å². The Morgan fingerprint density at radius 2 is 1.81 bits per heavy atom. The van der Waals surface area contributed by atoms with Crippen molar-refractivity contribution in [3.63, 3.8) is 0 Å². The first-order valence-corrected chi connectivity index (χ1v) is 12.5. The third kappa shape index (κ3) is 5.64. The van der Waals surface area contributed by atoms with Crippen LogP contribution < -0.4 is 5.32 Å². The van der Waals surface area contributed by atoms with Crippen molar-refractivity contribution in [1.29, 1.82) is 0 Å². The summed E-state index contributed by atoms with van der Waals surface area (Å²) >= 11 is 0. The van der Waals surface area contributed by atoms with Gasteiger partial charge in [0.15, 0.2) is 5.76 Å². The van der Waals surface area contributed by atoms with Gasteiger partial charge in [0.25, 0.3) is 5.91 Å². The maximum Gasteiger partial charge on any atom is 0.287 e. The van der Waals surface area contributed by atoms with Crippen LogP contribution in [0.15, 0.2) is 34.9 Å². The van der Waals surface area contributed by atoms with Crippen molar-refractivity contribution in [2.45, 2.75) is 90.3 Å². The van der Waals surface area contributed by atoms with Gasteiger partial charge in [0.05, 0.1) is 13.1 Å². The maximum atomic E-state index is 13.0. The van der Waals surface area contributed by atoms with Gasteiger partial charge in [-0.15, -0.1) is 0 Å². The molecule has 2 heterocycles. The molecule has 2 fully saturated rings. The van der Waals surface area contributed by atoms with Crippen LogP contribution in [-0.4, -0.2) is 33.9 Å². The number of nitrogens with zero attached hydrogens (tertiary/aromatic N) is 2. The highest BCUT2D eigenvalue weighted by molar-refractivity contribution is 5.91.